The van der Waals surface area contributed by atoms with Crippen molar-refractivity contribution in [1.29, 1.82) is 0 Å². The van der Waals surface area contributed by atoms with Gasteiger partial charge in [0.15, 0.2) is 0 Å². The summed E-state index contributed by atoms with van der Waals surface area (Å²) in [5.41, 5.74) is 5.83. The molecule has 0 amide bonds. The van der Waals surface area contributed by atoms with Crippen LogP contribution in [0.3, 0.4) is 0 Å². The first kappa shape index (κ1) is 16.1. The number of methoxy groups -OCH3 is 1. The van der Waals surface area contributed by atoms with E-state index in [1.165, 1.54) is 25.7 Å². The molecule has 0 heterocycles. The summed E-state index contributed by atoms with van der Waals surface area (Å²) in [6, 6.07) is 7.60. The van der Waals surface area contributed by atoms with Crippen molar-refractivity contribution in [1.82, 2.24) is 0 Å². The molecule has 0 bridgehead atoms. The van der Waals surface area contributed by atoms with E-state index >= 15 is 0 Å². The van der Waals surface area contributed by atoms with Crippen LogP contribution in [0.5, 0.6) is 11.5 Å². The Morgan fingerprint density at radius 3 is 2.14 bits per heavy atom. The van der Waals surface area contributed by atoms with Crippen molar-refractivity contribution in [2.24, 2.45) is 5.73 Å². The topological polar surface area (TPSA) is 53.7 Å². The molecule has 0 aliphatic heterocycles. The maximum atomic E-state index is 6.09. The van der Waals surface area contributed by atoms with Gasteiger partial charge in [-0.2, -0.15) is 0 Å². The fraction of sp³-hybridized carbons (Fsp3) is 0.647. The zero-order valence-corrected chi connectivity index (χ0v) is 13.0. The molecule has 0 atom stereocenters. The highest BCUT2D eigenvalue weighted by atomic mass is 16.5. The lowest BCUT2D eigenvalue weighted by Gasteiger charge is -2.31. The Hall–Kier alpha value is -1.26. The van der Waals surface area contributed by atoms with Crippen molar-refractivity contribution >= 4 is 0 Å². The Bertz CT molecular complexity index is 397. The predicted molar refractivity (Wildman–Crippen MR) is 83.9 cm³/mol. The molecule has 1 fully saturated rings. The molecule has 1 aliphatic rings. The third kappa shape index (κ3) is 4.90. The lowest BCUT2D eigenvalue weighted by atomic mass is 9.94. The molecule has 2 rings (SSSR count). The Morgan fingerprint density at radius 1 is 0.952 bits per heavy atom. The van der Waals surface area contributed by atoms with E-state index < -0.39 is 0 Å². The van der Waals surface area contributed by atoms with Gasteiger partial charge in [-0.1, -0.05) is 25.7 Å². The average molecular weight is 293 g/mol. The van der Waals surface area contributed by atoms with Gasteiger partial charge >= 0.3 is 0 Å². The van der Waals surface area contributed by atoms with E-state index in [1.807, 2.05) is 24.3 Å². The molecule has 2 N–H and O–H groups in total. The summed E-state index contributed by atoms with van der Waals surface area (Å²) in [6.07, 6.45) is 7.19. The first-order valence-corrected chi connectivity index (χ1v) is 7.89. The highest BCUT2D eigenvalue weighted by Crippen LogP contribution is 2.29. The zero-order chi connectivity index (χ0) is 15.0. The van der Waals surface area contributed by atoms with Crippen LogP contribution in [0.15, 0.2) is 24.3 Å². The molecular formula is C17H27NO3. The Labute approximate surface area is 127 Å². The normalized spacial score (nSPS) is 18.0. The molecule has 4 heteroatoms. The van der Waals surface area contributed by atoms with Crippen LogP contribution in [0.1, 0.15) is 38.5 Å². The minimum atomic E-state index is -0.125. The van der Waals surface area contributed by atoms with Gasteiger partial charge in [0.2, 0.25) is 0 Å². The molecular weight excluding hydrogens is 266 g/mol. The highest BCUT2D eigenvalue weighted by Gasteiger charge is 2.30. The molecule has 1 aliphatic carbocycles. The molecule has 0 unspecified atom stereocenters. The van der Waals surface area contributed by atoms with E-state index in [4.69, 9.17) is 19.9 Å². The van der Waals surface area contributed by atoms with Crippen LogP contribution in [0, 0.1) is 0 Å². The van der Waals surface area contributed by atoms with Gasteiger partial charge in [0.1, 0.15) is 18.1 Å². The molecule has 1 saturated carbocycles. The van der Waals surface area contributed by atoms with E-state index in [9.17, 15) is 0 Å². The molecule has 21 heavy (non-hydrogen) atoms. The van der Waals surface area contributed by atoms with Gasteiger partial charge in [0.25, 0.3) is 0 Å². The second kappa shape index (κ2) is 8.25. The van der Waals surface area contributed by atoms with Crippen molar-refractivity contribution in [2.75, 3.05) is 26.9 Å². The van der Waals surface area contributed by atoms with Crippen LogP contribution >= 0.6 is 0 Å². The van der Waals surface area contributed by atoms with Gasteiger partial charge in [0, 0.05) is 6.54 Å². The number of benzene rings is 1. The summed E-state index contributed by atoms with van der Waals surface area (Å²) in [5, 5.41) is 0. The number of hydrogen-bond acceptors (Lipinski definition) is 4. The van der Waals surface area contributed by atoms with Crippen molar-refractivity contribution < 1.29 is 14.2 Å². The summed E-state index contributed by atoms with van der Waals surface area (Å²) in [6.45, 7) is 1.74. The maximum Gasteiger partial charge on any atom is 0.119 e. The largest absolute Gasteiger partial charge is 0.497 e. The van der Waals surface area contributed by atoms with Crippen molar-refractivity contribution in [3.8, 4) is 11.5 Å². The lowest BCUT2D eigenvalue weighted by molar-refractivity contribution is -0.0586. The summed E-state index contributed by atoms with van der Waals surface area (Å²) in [7, 11) is 1.66. The van der Waals surface area contributed by atoms with Crippen molar-refractivity contribution in [3.63, 3.8) is 0 Å². The number of hydrogen-bond donors (Lipinski definition) is 1. The molecule has 1 aromatic carbocycles. The van der Waals surface area contributed by atoms with Gasteiger partial charge in [-0.15, -0.1) is 0 Å². The molecule has 4 nitrogen and oxygen atoms in total. The number of ether oxygens (including phenoxy) is 3. The van der Waals surface area contributed by atoms with Crippen LogP contribution in [0.2, 0.25) is 0 Å². The van der Waals surface area contributed by atoms with Gasteiger partial charge in [0.05, 0.1) is 19.3 Å². The summed E-state index contributed by atoms with van der Waals surface area (Å²) >= 11 is 0. The maximum absolute atomic E-state index is 6.09. The van der Waals surface area contributed by atoms with Crippen LogP contribution in [0.4, 0.5) is 0 Å². The fourth-order valence-corrected chi connectivity index (χ4v) is 2.87. The van der Waals surface area contributed by atoms with Gasteiger partial charge < -0.3 is 19.9 Å². The number of rotatable bonds is 7. The quantitative estimate of drug-likeness (QED) is 0.620. The van der Waals surface area contributed by atoms with Crippen molar-refractivity contribution in [2.45, 2.75) is 44.1 Å². The third-order valence-corrected chi connectivity index (χ3v) is 4.21. The van der Waals surface area contributed by atoms with E-state index in [0.29, 0.717) is 19.8 Å². The minimum absolute atomic E-state index is 0.125. The Kier molecular flexibility index (Phi) is 6.33. The van der Waals surface area contributed by atoms with E-state index in [0.717, 1.165) is 24.3 Å². The molecule has 0 spiro atoms. The van der Waals surface area contributed by atoms with Gasteiger partial charge in [-0.3, -0.25) is 0 Å². The fourth-order valence-electron chi connectivity index (χ4n) is 2.87. The second-order valence-electron chi connectivity index (χ2n) is 5.67. The van der Waals surface area contributed by atoms with Crippen LogP contribution in [-0.2, 0) is 4.74 Å². The lowest BCUT2D eigenvalue weighted by Crippen LogP contribution is -2.41. The van der Waals surface area contributed by atoms with Crippen LogP contribution in [-0.4, -0.2) is 32.5 Å². The highest BCUT2D eigenvalue weighted by molar-refractivity contribution is 5.31. The van der Waals surface area contributed by atoms with Crippen LogP contribution in [0.25, 0.3) is 0 Å². The smallest absolute Gasteiger partial charge is 0.119 e. The first-order chi connectivity index (χ1) is 10.3. The standard InChI is InChI=1S/C17H27NO3/c1-19-15-6-8-16(9-7-15)20-12-13-21-17(14-18)10-4-2-3-5-11-17/h6-9H,2-5,10-14,18H2,1H3. The van der Waals surface area contributed by atoms with E-state index in [2.05, 4.69) is 0 Å². The SMILES string of the molecule is COc1ccc(OCCOC2(CN)CCCCCC2)cc1. The molecule has 1 aromatic rings. The predicted octanol–water partition coefficient (Wildman–Crippen LogP) is 3.14. The Morgan fingerprint density at radius 2 is 1.57 bits per heavy atom. The number of nitrogens with two attached hydrogens (primary N) is 1. The van der Waals surface area contributed by atoms with Crippen molar-refractivity contribution in [3.05, 3.63) is 24.3 Å². The summed E-state index contributed by atoms with van der Waals surface area (Å²) in [4.78, 5) is 0. The first-order valence-electron chi connectivity index (χ1n) is 7.89. The average Bonchev–Trinajstić information content (AvgIpc) is 2.78. The third-order valence-electron chi connectivity index (χ3n) is 4.21. The molecule has 118 valence electrons. The molecule has 0 radical (unpaired) electrons. The van der Waals surface area contributed by atoms with E-state index in [1.54, 1.807) is 7.11 Å². The molecule has 0 saturated heterocycles. The Balaban J connectivity index is 1.74. The summed E-state index contributed by atoms with van der Waals surface area (Å²) in [5.74, 6) is 1.67. The van der Waals surface area contributed by atoms with E-state index in [-0.39, 0.29) is 5.60 Å². The monoisotopic (exact) mass is 293 g/mol. The minimum Gasteiger partial charge on any atom is -0.497 e. The molecule has 0 aromatic heterocycles. The zero-order valence-electron chi connectivity index (χ0n) is 13.0. The summed E-state index contributed by atoms with van der Waals surface area (Å²) < 4.78 is 16.9. The van der Waals surface area contributed by atoms with Crippen LogP contribution < -0.4 is 15.2 Å². The van der Waals surface area contributed by atoms with Gasteiger partial charge in [-0.05, 0) is 37.1 Å². The second-order valence-corrected chi connectivity index (χ2v) is 5.67. The van der Waals surface area contributed by atoms with Gasteiger partial charge in [-0.25, -0.2) is 0 Å².